The second kappa shape index (κ2) is 9.27. The van der Waals surface area contributed by atoms with Gasteiger partial charge in [-0.05, 0) is 48.0 Å². The van der Waals surface area contributed by atoms with E-state index in [0.717, 1.165) is 5.56 Å². The fourth-order valence-corrected chi connectivity index (χ4v) is 2.38. The summed E-state index contributed by atoms with van der Waals surface area (Å²) in [5, 5.41) is 0. The molecule has 0 saturated heterocycles. The van der Waals surface area contributed by atoms with E-state index >= 15 is 0 Å². The largest absolute Gasteiger partial charge is 0.489 e. The number of nitrogens with one attached hydrogen (secondary N) is 2. The molecule has 1 heterocycles. The number of nitrogens with zero attached hydrogens (tertiary/aromatic N) is 1. The molecular weight excluding hydrogens is 361 g/mol. The predicted molar refractivity (Wildman–Crippen MR) is 101 cm³/mol. The van der Waals surface area contributed by atoms with Crippen molar-refractivity contribution >= 4 is 11.8 Å². The third-order valence-electron chi connectivity index (χ3n) is 3.84. The van der Waals surface area contributed by atoms with Gasteiger partial charge in [-0.2, -0.15) is 0 Å². The van der Waals surface area contributed by atoms with Crippen LogP contribution in [0.2, 0.25) is 0 Å². The molecule has 0 bridgehead atoms. The van der Waals surface area contributed by atoms with Gasteiger partial charge in [-0.1, -0.05) is 18.2 Å². The van der Waals surface area contributed by atoms with Crippen LogP contribution < -0.4 is 15.6 Å². The van der Waals surface area contributed by atoms with E-state index < -0.39 is 11.8 Å². The van der Waals surface area contributed by atoms with Crippen LogP contribution in [0.4, 0.5) is 4.39 Å². The SMILES string of the molecule is O=C(Cc1ccc(F)cc1)NNC(=O)c1ccc(OCc2cccnc2)cc1. The molecule has 7 heteroatoms. The van der Waals surface area contributed by atoms with Crippen LogP contribution in [-0.4, -0.2) is 16.8 Å². The van der Waals surface area contributed by atoms with Crippen molar-refractivity contribution in [1.82, 2.24) is 15.8 Å². The average Bonchev–Trinajstić information content (AvgIpc) is 2.73. The summed E-state index contributed by atoms with van der Waals surface area (Å²) in [6.45, 7) is 0.374. The smallest absolute Gasteiger partial charge is 0.269 e. The molecule has 0 aliphatic carbocycles. The standard InChI is InChI=1S/C21H18FN3O3/c22-18-7-3-15(4-8-18)12-20(26)24-25-21(27)17-5-9-19(10-6-17)28-14-16-2-1-11-23-13-16/h1-11,13H,12,14H2,(H,24,26)(H,25,27). The summed E-state index contributed by atoms with van der Waals surface area (Å²) in [5.74, 6) is -0.617. The van der Waals surface area contributed by atoms with Gasteiger partial charge in [0.05, 0.1) is 6.42 Å². The molecule has 3 aromatic rings. The molecule has 0 unspecified atom stereocenters. The maximum absolute atomic E-state index is 12.9. The quantitative estimate of drug-likeness (QED) is 0.646. The van der Waals surface area contributed by atoms with Crippen molar-refractivity contribution in [3.63, 3.8) is 0 Å². The van der Waals surface area contributed by atoms with Crippen LogP contribution in [0.3, 0.4) is 0 Å². The molecule has 6 nitrogen and oxygen atoms in total. The molecule has 0 spiro atoms. The van der Waals surface area contributed by atoms with E-state index in [1.54, 1.807) is 36.7 Å². The fourth-order valence-electron chi connectivity index (χ4n) is 2.38. The molecule has 3 rings (SSSR count). The van der Waals surface area contributed by atoms with Gasteiger partial charge in [-0.15, -0.1) is 0 Å². The molecular formula is C21H18FN3O3. The van der Waals surface area contributed by atoms with Gasteiger partial charge < -0.3 is 4.74 Å². The molecule has 28 heavy (non-hydrogen) atoms. The highest BCUT2D eigenvalue weighted by Crippen LogP contribution is 2.14. The fraction of sp³-hybridized carbons (Fsp3) is 0.0952. The van der Waals surface area contributed by atoms with Crippen molar-refractivity contribution in [2.24, 2.45) is 0 Å². The molecule has 0 saturated carbocycles. The Kier molecular flexibility index (Phi) is 6.30. The molecule has 2 N–H and O–H groups in total. The number of hydrogen-bond donors (Lipinski definition) is 2. The van der Waals surface area contributed by atoms with Gasteiger partial charge >= 0.3 is 0 Å². The van der Waals surface area contributed by atoms with Gasteiger partial charge in [-0.25, -0.2) is 4.39 Å². The maximum Gasteiger partial charge on any atom is 0.269 e. The Hall–Kier alpha value is -3.74. The Balaban J connectivity index is 1.46. The minimum atomic E-state index is -0.453. The van der Waals surface area contributed by atoms with E-state index in [9.17, 15) is 14.0 Å². The summed E-state index contributed by atoms with van der Waals surface area (Å²) in [6.07, 6.45) is 3.44. The monoisotopic (exact) mass is 379 g/mol. The second-order valence-corrected chi connectivity index (χ2v) is 5.98. The maximum atomic E-state index is 12.9. The van der Waals surface area contributed by atoms with Crippen LogP contribution in [0.5, 0.6) is 5.75 Å². The number of pyridine rings is 1. The summed E-state index contributed by atoms with van der Waals surface area (Å²) in [6, 6.07) is 15.9. The number of amides is 2. The number of hydrazine groups is 1. The van der Waals surface area contributed by atoms with Crippen molar-refractivity contribution in [3.05, 3.63) is 95.6 Å². The Morgan fingerprint density at radius 2 is 1.68 bits per heavy atom. The molecule has 142 valence electrons. The first-order valence-electron chi connectivity index (χ1n) is 8.55. The summed E-state index contributed by atoms with van der Waals surface area (Å²) < 4.78 is 18.5. The molecule has 2 amide bonds. The van der Waals surface area contributed by atoms with Gasteiger partial charge in [0.25, 0.3) is 5.91 Å². The Labute approximate surface area is 161 Å². The lowest BCUT2D eigenvalue weighted by atomic mass is 10.1. The number of carbonyl (C=O) groups is 2. The van der Waals surface area contributed by atoms with Crippen molar-refractivity contribution in [2.45, 2.75) is 13.0 Å². The Bertz CT molecular complexity index is 929. The van der Waals surface area contributed by atoms with Gasteiger partial charge in [0.1, 0.15) is 18.2 Å². The number of halogens is 1. The molecule has 0 fully saturated rings. The van der Waals surface area contributed by atoms with E-state index in [1.165, 1.54) is 24.3 Å². The van der Waals surface area contributed by atoms with Gasteiger partial charge in [0.15, 0.2) is 0 Å². The van der Waals surface area contributed by atoms with Crippen LogP contribution in [0.25, 0.3) is 0 Å². The van der Waals surface area contributed by atoms with Crippen molar-refractivity contribution in [1.29, 1.82) is 0 Å². The highest BCUT2D eigenvalue weighted by molar-refractivity contribution is 5.95. The van der Waals surface area contributed by atoms with Crippen LogP contribution in [-0.2, 0) is 17.8 Å². The summed E-state index contributed by atoms with van der Waals surface area (Å²) >= 11 is 0. The van der Waals surface area contributed by atoms with Crippen molar-refractivity contribution in [3.8, 4) is 5.75 Å². The normalized spacial score (nSPS) is 10.2. The van der Waals surface area contributed by atoms with Crippen LogP contribution in [0.1, 0.15) is 21.5 Å². The van der Waals surface area contributed by atoms with Gasteiger partial charge in [0, 0.05) is 23.5 Å². The summed E-state index contributed by atoms with van der Waals surface area (Å²) in [5.41, 5.74) is 6.63. The van der Waals surface area contributed by atoms with Crippen molar-refractivity contribution < 1.29 is 18.7 Å². The number of rotatable bonds is 6. The Morgan fingerprint density at radius 3 is 2.36 bits per heavy atom. The van der Waals surface area contributed by atoms with E-state index in [-0.39, 0.29) is 12.2 Å². The minimum absolute atomic E-state index is 0.0294. The number of hydrogen-bond acceptors (Lipinski definition) is 4. The van der Waals surface area contributed by atoms with Crippen LogP contribution in [0.15, 0.2) is 73.1 Å². The molecule has 0 atom stereocenters. The zero-order valence-electron chi connectivity index (χ0n) is 14.9. The highest BCUT2D eigenvalue weighted by Gasteiger charge is 2.08. The van der Waals surface area contributed by atoms with Crippen molar-refractivity contribution in [2.75, 3.05) is 0 Å². The van der Waals surface area contributed by atoms with Gasteiger partial charge in [-0.3, -0.25) is 25.4 Å². The predicted octanol–water partition coefficient (Wildman–Crippen LogP) is 2.80. The highest BCUT2D eigenvalue weighted by atomic mass is 19.1. The Morgan fingerprint density at radius 1 is 0.929 bits per heavy atom. The summed E-state index contributed by atoms with van der Waals surface area (Å²) in [7, 11) is 0. The molecule has 2 aromatic carbocycles. The third kappa shape index (κ3) is 5.63. The van der Waals surface area contributed by atoms with E-state index in [4.69, 9.17) is 4.74 Å². The number of benzene rings is 2. The second-order valence-electron chi connectivity index (χ2n) is 5.98. The zero-order chi connectivity index (χ0) is 19.8. The first-order chi connectivity index (χ1) is 13.6. The lowest BCUT2D eigenvalue weighted by molar-refractivity contribution is -0.121. The van der Waals surface area contributed by atoms with Crippen LogP contribution in [0, 0.1) is 5.82 Å². The average molecular weight is 379 g/mol. The van der Waals surface area contributed by atoms with E-state index in [2.05, 4.69) is 15.8 Å². The number of aromatic nitrogens is 1. The van der Waals surface area contributed by atoms with E-state index in [0.29, 0.717) is 23.5 Å². The van der Waals surface area contributed by atoms with Crippen LogP contribution >= 0.6 is 0 Å². The lowest BCUT2D eigenvalue weighted by Gasteiger charge is -2.09. The van der Waals surface area contributed by atoms with E-state index in [1.807, 2.05) is 12.1 Å². The third-order valence-corrected chi connectivity index (χ3v) is 3.84. The first kappa shape index (κ1) is 19.0. The molecule has 0 aliphatic heterocycles. The minimum Gasteiger partial charge on any atom is -0.489 e. The summed E-state index contributed by atoms with van der Waals surface area (Å²) in [4.78, 5) is 28.0. The number of carbonyl (C=O) groups excluding carboxylic acids is 2. The topological polar surface area (TPSA) is 80.3 Å². The molecule has 0 radical (unpaired) electrons. The molecule has 1 aromatic heterocycles. The number of ether oxygens (including phenoxy) is 1. The lowest BCUT2D eigenvalue weighted by Crippen LogP contribution is -2.42. The molecule has 0 aliphatic rings. The van der Waals surface area contributed by atoms with Gasteiger partial charge in [0.2, 0.25) is 5.91 Å². The zero-order valence-corrected chi connectivity index (χ0v) is 14.9. The first-order valence-corrected chi connectivity index (χ1v) is 8.55.